The number of likely N-dealkylation sites (tertiary alicyclic amines) is 1. The van der Waals surface area contributed by atoms with Gasteiger partial charge in [0.05, 0.1) is 6.07 Å². The molecule has 1 atom stereocenters. The van der Waals surface area contributed by atoms with Crippen molar-refractivity contribution in [2.75, 3.05) is 13.1 Å². The van der Waals surface area contributed by atoms with Gasteiger partial charge in [0.2, 0.25) is 11.8 Å². The fourth-order valence-electron chi connectivity index (χ4n) is 2.48. The first-order valence-corrected chi connectivity index (χ1v) is 6.66. The second kappa shape index (κ2) is 6.20. The Labute approximate surface area is 118 Å². The Kier molecular flexibility index (Phi) is 4.36. The summed E-state index contributed by atoms with van der Waals surface area (Å²) in [5.41, 5.74) is 5.98. The summed E-state index contributed by atoms with van der Waals surface area (Å²) in [5.74, 6) is -1.43. The van der Waals surface area contributed by atoms with Crippen LogP contribution >= 0.6 is 0 Å². The lowest BCUT2D eigenvalue weighted by atomic mass is 9.93. The highest BCUT2D eigenvalue weighted by molar-refractivity contribution is 5.87. The van der Waals surface area contributed by atoms with Crippen LogP contribution in [0, 0.1) is 17.2 Å². The van der Waals surface area contributed by atoms with Crippen molar-refractivity contribution in [2.24, 2.45) is 11.7 Å². The molecule has 1 aliphatic heterocycles. The van der Waals surface area contributed by atoms with Crippen molar-refractivity contribution >= 4 is 11.8 Å². The number of carbonyl (C=O) groups excluding carboxylic acids is 2. The van der Waals surface area contributed by atoms with Gasteiger partial charge in [-0.05, 0) is 18.4 Å². The highest BCUT2D eigenvalue weighted by Gasteiger charge is 2.30. The number of nitrogens with two attached hydrogens (primary N) is 1. The zero-order valence-electron chi connectivity index (χ0n) is 11.2. The summed E-state index contributed by atoms with van der Waals surface area (Å²) in [5, 5.41) is 9.25. The lowest BCUT2D eigenvalue weighted by Crippen LogP contribution is -2.43. The number of primary amides is 1. The van der Waals surface area contributed by atoms with Crippen LogP contribution in [0.25, 0.3) is 0 Å². The molecule has 0 aliphatic carbocycles. The van der Waals surface area contributed by atoms with Crippen LogP contribution in [-0.2, 0) is 9.59 Å². The Morgan fingerprint density at radius 2 is 1.85 bits per heavy atom. The summed E-state index contributed by atoms with van der Waals surface area (Å²) < 4.78 is 0. The molecule has 1 saturated heterocycles. The van der Waals surface area contributed by atoms with Crippen LogP contribution in [0.4, 0.5) is 0 Å². The minimum Gasteiger partial charge on any atom is -0.369 e. The number of rotatable bonds is 3. The van der Waals surface area contributed by atoms with E-state index in [2.05, 4.69) is 6.07 Å². The number of nitrogens with zero attached hydrogens (tertiary/aromatic N) is 2. The number of amides is 2. The third kappa shape index (κ3) is 2.97. The van der Waals surface area contributed by atoms with Crippen molar-refractivity contribution in [1.82, 2.24) is 4.90 Å². The van der Waals surface area contributed by atoms with Crippen LogP contribution in [0.15, 0.2) is 30.3 Å². The standard InChI is InChI=1S/C15H17N3O2/c16-10-13(11-4-2-1-3-5-11)15(20)18-8-6-12(7-9-18)14(17)19/h1-5,12-13H,6-9H2,(H2,17,19). The lowest BCUT2D eigenvalue weighted by molar-refractivity contribution is -0.135. The Bertz CT molecular complexity index is 528. The van der Waals surface area contributed by atoms with Gasteiger partial charge < -0.3 is 10.6 Å². The Morgan fingerprint density at radius 1 is 1.25 bits per heavy atom. The van der Waals surface area contributed by atoms with Crippen LogP contribution in [0.3, 0.4) is 0 Å². The van der Waals surface area contributed by atoms with E-state index in [4.69, 9.17) is 5.73 Å². The van der Waals surface area contributed by atoms with Gasteiger partial charge in [0.1, 0.15) is 5.92 Å². The van der Waals surface area contributed by atoms with Gasteiger partial charge >= 0.3 is 0 Å². The third-order valence-electron chi connectivity index (χ3n) is 3.72. The van der Waals surface area contributed by atoms with Gasteiger partial charge in [-0.2, -0.15) is 5.26 Å². The second-order valence-electron chi connectivity index (χ2n) is 4.97. The molecule has 0 spiro atoms. The maximum absolute atomic E-state index is 12.4. The highest BCUT2D eigenvalue weighted by Crippen LogP contribution is 2.22. The summed E-state index contributed by atoms with van der Waals surface area (Å²) >= 11 is 0. The first-order valence-electron chi connectivity index (χ1n) is 6.66. The molecule has 1 aromatic carbocycles. The average molecular weight is 271 g/mol. The largest absolute Gasteiger partial charge is 0.369 e. The number of hydrogen-bond acceptors (Lipinski definition) is 3. The molecule has 1 unspecified atom stereocenters. The molecule has 2 rings (SSSR count). The van der Waals surface area contributed by atoms with E-state index in [9.17, 15) is 14.9 Å². The number of nitriles is 1. The molecule has 1 fully saturated rings. The zero-order chi connectivity index (χ0) is 14.5. The van der Waals surface area contributed by atoms with Crippen LogP contribution in [0.1, 0.15) is 24.3 Å². The zero-order valence-corrected chi connectivity index (χ0v) is 11.2. The maximum Gasteiger partial charge on any atom is 0.244 e. The molecule has 2 amide bonds. The fourth-order valence-corrected chi connectivity index (χ4v) is 2.48. The predicted molar refractivity (Wildman–Crippen MR) is 73.3 cm³/mol. The van der Waals surface area contributed by atoms with E-state index in [0.717, 1.165) is 0 Å². The van der Waals surface area contributed by atoms with Gasteiger partial charge in [-0.15, -0.1) is 0 Å². The Morgan fingerprint density at radius 3 is 2.35 bits per heavy atom. The van der Waals surface area contributed by atoms with Crippen LogP contribution in [0.5, 0.6) is 0 Å². The van der Waals surface area contributed by atoms with E-state index in [1.54, 1.807) is 17.0 Å². The lowest BCUT2D eigenvalue weighted by Gasteiger charge is -2.31. The molecule has 0 bridgehead atoms. The van der Waals surface area contributed by atoms with Crippen molar-refractivity contribution in [3.63, 3.8) is 0 Å². The molecular formula is C15H17N3O2. The molecule has 5 nitrogen and oxygen atoms in total. The van der Waals surface area contributed by atoms with E-state index in [1.165, 1.54) is 0 Å². The maximum atomic E-state index is 12.4. The average Bonchev–Trinajstić information content (AvgIpc) is 2.49. The summed E-state index contributed by atoms with van der Waals surface area (Å²) in [7, 11) is 0. The molecule has 20 heavy (non-hydrogen) atoms. The van der Waals surface area contributed by atoms with Gasteiger partial charge in [0.15, 0.2) is 0 Å². The number of carbonyl (C=O) groups is 2. The van der Waals surface area contributed by atoms with Crippen LogP contribution in [0.2, 0.25) is 0 Å². The molecular weight excluding hydrogens is 254 g/mol. The van der Waals surface area contributed by atoms with Gasteiger partial charge in [0.25, 0.3) is 0 Å². The van der Waals surface area contributed by atoms with Gasteiger partial charge in [-0.3, -0.25) is 9.59 Å². The minimum absolute atomic E-state index is 0.156. The number of benzene rings is 1. The van der Waals surface area contributed by atoms with E-state index < -0.39 is 5.92 Å². The second-order valence-corrected chi connectivity index (χ2v) is 4.97. The first kappa shape index (κ1) is 14.1. The van der Waals surface area contributed by atoms with Gasteiger partial charge in [-0.1, -0.05) is 30.3 Å². The molecule has 1 aliphatic rings. The van der Waals surface area contributed by atoms with Crippen molar-refractivity contribution in [2.45, 2.75) is 18.8 Å². The van der Waals surface area contributed by atoms with E-state index in [1.807, 2.05) is 18.2 Å². The van der Waals surface area contributed by atoms with E-state index in [0.29, 0.717) is 31.5 Å². The SMILES string of the molecule is N#CC(C(=O)N1CCC(C(N)=O)CC1)c1ccccc1. The molecule has 1 heterocycles. The van der Waals surface area contributed by atoms with E-state index in [-0.39, 0.29) is 17.7 Å². The normalized spacial score (nSPS) is 17.2. The third-order valence-corrected chi connectivity index (χ3v) is 3.72. The summed E-state index contributed by atoms with van der Waals surface area (Å²) in [4.78, 5) is 25.2. The molecule has 0 aromatic heterocycles. The summed E-state index contributed by atoms with van der Waals surface area (Å²) in [6.07, 6.45) is 1.15. The van der Waals surface area contributed by atoms with Gasteiger partial charge in [-0.25, -0.2) is 0 Å². The van der Waals surface area contributed by atoms with Crippen LogP contribution in [-0.4, -0.2) is 29.8 Å². The van der Waals surface area contributed by atoms with Gasteiger partial charge in [0, 0.05) is 19.0 Å². The quantitative estimate of drug-likeness (QED) is 0.890. The molecule has 2 N–H and O–H groups in total. The topological polar surface area (TPSA) is 87.2 Å². The Balaban J connectivity index is 2.04. The van der Waals surface area contributed by atoms with Crippen molar-refractivity contribution in [1.29, 1.82) is 5.26 Å². The molecule has 1 aromatic rings. The van der Waals surface area contributed by atoms with Crippen molar-refractivity contribution < 1.29 is 9.59 Å². The minimum atomic E-state index is -0.777. The number of hydrogen-bond donors (Lipinski definition) is 1. The van der Waals surface area contributed by atoms with Crippen molar-refractivity contribution in [3.05, 3.63) is 35.9 Å². The smallest absolute Gasteiger partial charge is 0.244 e. The fraction of sp³-hybridized carbons (Fsp3) is 0.400. The molecule has 5 heteroatoms. The van der Waals surface area contributed by atoms with Crippen LogP contribution < -0.4 is 5.73 Å². The monoisotopic (exact) mass is 271 g/mol. The first-order chi connectivity index (χ1) is 9.63. The summed E-state index contributed by atoms with van der Waals surface area (Å²) in [6.45, 7) is 0.967. The predicted octanol–water partition coefficient (Wildman–Crippen LogP) is 1.02. The van der Waals surface area contributed by atoms with E-state index >= 15 is 0 Å². The summed E-state index contributed by atoms with van der Waals surface area (Å²) in [6, 6.07) is 11.1. The molecule has 0 radical (unpaired) electrons. The Hall–Kier alpha value is -2.35. The van der Waals surface area contributed by atoms with Crippen molar-refractivity contribution in [3.8, 4) is 6.07 Å². The molecule has 104 valence electrons. The number of piperidine rings is 1. The molecule has 0 saturated carbocycles. The highest BCUT2D eigenvalue weighted by atomic mass is 16.2.